The van der Waals surface area contributed by atoms with Crippen molar-refractivity contribution >= 4 is 18.1 Å². The molecule has 0 aliphatic carbocycles. The smallest absolute Gasteiger partial charge is 0.343 e. The van der Waals surface area contributed by atoms with Crippen molar-refractivity contribution in [2.24, 2.45) is 0 Å². The molecule has 0 saturated carbocycles. The molecule has 3 rings (SSSR count). The Balaban J connectivity index is 1.65. The predicted molar refractivity (Wildman–Crippen MR) is 99.7 cm³/mol. The molecule has 0 spiro atoms. The van der Waals surface area contributed by atoms with Gasteiger partial charge in [-0.25, -0.2) is 13.6 Å². The lowest BCUT2D eigenvalue weighted by Crippen LogP contribution is -2.08. The van der Waals surface area contributed by atoms with Gasteiger partial charge in [-0.1, -0.05) is 36.4 Å². The van der Waals surface area contributed by atoms with E-state index in [1.165, 1.54) is 6.07 Å². The number of esters is 1. The molecule has 27 heavy (non-hydrogen) atoms. The van der Waals surface area contributed by atoms with Crippen molar-refractivity contribution in [1.29, 1.82) is 0 Å². The highest BCUT2D eigenvalue weighted by atomic mass is 19.2. The first-order chi connectivity index (χ1) is 13.0. The Morgan fingerprint density at radius 2 is 1.33 bits per heavy atom. The zero-order valence-corrected chi connectivity index (χ0v) is 14.5. The first-order valence-corrected chi connectivity index (χ1v) is 8.14. The summed E-state index contributed by atoms with van der Waals surface area (Å²) >= 11 is 0. The van der Waals surface area contributed by atoms with E-state index in [9.17, 15) is 13.6 Å². The van der Waals surface area contributed by atoms with Crippen LogP contribution in [0.15, 0.2) is 66.7 Å². The van der Waals surface area contributed by atoms with Crippen LogP contribution < -0.4 is 9.47 Å². The Labute approximate surface area is 155 Å². The molecule has 3 aromatic rings. The molecule has 0 aliphatic rings. The number of methoxy groups -OCH3 is 1. The molecular weight excluding hydrogens is 350 g/mol. The molecule has 0 bridgehead atoms. The van der Waals surface area contributed by atoms with E-state index in [1.807, 2.05) is 36.4 Å². The fourth-order valence-electron chi connectivity index (χ4n) is 2.34. The zero-order chi connectivity index (χ0) is 19.2. The Morgan fingerprint density at radius 1 is 0.778 bits per heavy atom. The molecule has 3 aromatic carbocycles. The summed E-state index contributed by atoms with van der Waals surface area (Å²) in [6, 6.07) is 17.3. The molecule has 0 fully saturated rings. The highest BCUT2D eigenvalue weighted by molar-refractivity contribution is 5.91. The Hall–Kier alpha value is -3.47. The first-order valence-electron chi connectivity index (χ1n) is 8.14. The zero-order valence-electron chi connectivity index (χ0n) is 14.5. The van der Waals surface area contributed by atoms with Gasteiger partial charge in [-0.3, -0.25) is 0 Å². The minimum atomic E-state index is -1.07. The van der Waals surface area contributed by atoms with Crippen LogP contribution in [0.5, 0.6) is 11.5 Å². The van der Waals surface area contributed by atoms with Gasteiger partial charge in [-0.05, 0) is 47.5 Å². The Morgan fingerprint density at radius 3 is 1.89 bits per heavy atom. The number of ether oxygens (including phenoxy) is 2. The van der Waals surface area contributed by atoms with Crippen LogP contribution in [0.3, 0.4) is 0 Å². The number of halogens is 2. The van der Waals surface area contributed by atoms with Gasteiger partial charge in [0.25, 0.3) is 0 Å². The van der Waals surface area contributed by atoms with Gasteiger partial charge < -0.3 is 9.47 Å². The summed E-state index contributed by atoms with van der Waals surface area (Å²) in [6.45, 7) is 0. The highest BCUT2D eigenvalue weighted by Crippen LogP contribution is 2.18. The van der Waals surface area contributed by atoms with Crippen molar-refractivity contribution in [2.45, 2.75) is 0 Å². The van der Waals surface area contributed by atoms with E-state index in [-0.39, 0.29) is 5.75 Å². The van der Waals surface area contributed by atoms with E-state index in [0.717, 1.165) is 29.0 Å². The minimum absolute atomic E-state index is 0.0534. The summed E-state index contributed by atoms with van der Waals surface area (Å²) in [4.78, 5) is 12.1. The molecule has 136 valence electrons. The van der Waals surface area contributed by atoms with Crippen molar-refractivity contribution in [3.63, 3.8) is 0 Å². The minimum Gasteiger partial charge on any atom is -0.497 e. The molecule has 0 aliphatic heterocycles. The summed E-state index contributed by atoms with van der Waals surface area (Å²) < 4.78 is 36.2. The number of hydrogen-bond acceptors (Lipinski definition) is 3. The molecule has 0 radical (unpaired) electrons. The summed E-state index contributed by atoms with van der Waals surface area (Å²) in [5, 5.41) is 0. The number of carbonyl (C=O) groups excluding carboxylic acids is 1. The van der Waals surface area contributed by atoms with E-state index in [1.54, 1.807) is 31.4 Å². The van der Waals surface area contributed by atoms with Crippen LogP contribution >= 0.6 is 0 Å². The van der Waals surface area contributed by atoms with Gasteiger partial charge in [0.2, 0.25) is 0 Å². The van der Waals surface area contributed by atoms with Gasteiger partial charge >= 0.3 is 5.97 Å². The van der Waals surface area contributed by atoms with Crippen LogP contribution in [0.25, 0.3) is 12.2 Å². The molecular formula is C22H16F2O3. The van der Waals surface area contributed by atoms with E-state index in [4.69, 9.17) is 9.47 Å². The van der Waals surface area contributed by atoms with Crippen LogP contribution in [-0.4, -0.2) is 13.1 Å². The fourth-order valence-corrected chi connectivity index (χ4v) is 2.34. The molecule has 5 heteroatoms. The third kappa shape index (κ3) is 4.79. The van der Waals surface area contributed by atoms with Crippen LogP contribution in [0.4, 0.5) is 8.78 Å². The molecule has 0 saturated heterocycles. The number of hydrogen-bond donors (Lipinski definition) is 0. The van der Waals surface area contributed by atoms with Gasteiger partial charge in [-0.15, -0.1) is 0 Å². The summed E-state index contributed by atoms with van der Waals surface area (Å²) in [5.41, 5.74) is 2.22. The van der Waals surface area contributed by atoms with Gasteiger partial charge in [0.05, 0.1) is 12.7 Å². The first kappa shape index (κ1) is 18.3. The molecule has 0 amide bonds. The van der Waals surface area contributed by atoms with Crippen molar-refractivity contribution in [1.82, 2.24) is 0 Å². The van der Waals surface area contributed by atoms with E-state index in [0.29, 0.717) is 5.56 Å². The molecule has 0 unspecified atom stereocenters. The maximum atomic E-state index is 13.2. The molecule has 0 atom stereocenters. The van der Waals surface area contributed by atoms with Gasteiger partial charge in [0.15, 0.2) is 11.6 Å². The summed E-state index contributed by atoms with van der Waals surface area (Å²) in [6.07, 6.45) is 3.85. The Kier molecular flexibility index (Phi) is 5.61. The van der Waals surface area contributed by atoms with Crippen LogP contribution in [-0.2, 0) is 0 Å². The van der Waals surface area contributed by atoms with Crippen molar-refractivity contribution in [3.05, 3.63) is 95.1 Å². The summed E-state index contributed by atoms with van der Waals surface area (Å²) in [5.74, 6) is -1.98. The van der Waals surface area contributed by atoms with Gasteiger partial charge in [0.1, 0.15) is 11.5 Å². The number of rotatable bonds is 5. The maximum Gasteiger partial charge on any atom is 0.343 e. The maximum absolute atomic E-state index is 13.2. The normalized spacial score (nSPS) is 10.8. The summed E-state index contributed by atoms with van der Waals surface area (Å²) in [7, 11) is 1.62. The number of carbonyl (C=O) groups is 1. The second-order valence-corrected chi connectivity index (χ2v) is 5.69. The lowest BCUT2D eigenvalue weighted by Gasteiger charge is -2.05. The largest absolute Gasteiger partial charge is 0.497 e. The van der Waals surface area contributed by atoms with Crippen LogP contribution in [0.2, 0.25) is 0 Å². The third-order valence-corrected chi connectivity index (χ3v) is 3.83. The van der Waals surface area contributed by atoms with Crippen LogP contribution in [0, 0.1) is 11.6 Å². The second-order valence-electron chi connectivity index (χ2n) is 5.69. The van der Waals surface area contributed by atoms with Gasteiger partial charge in [0, 0.05) is 6.07 Å². The molecule has 0 heterocycles. The average Bonchev–Trinajstić information content (AvgIpc) is 2.70. The quantitative estimate of drug-likeness (QED) is 0.346. The van der Waals surface area contributed by atoms with Crippen molar-refractivity contribution < 1.29 is 23.0 Å². The van der Waals surface area contributed by atoms with Crippen molar-refractivity contribution in [2.75, 3.05) is 7.11 Å². The predicted octanol–water partition coefficient (Wildman–Crippen LogP) is 5.36. The Bertz CT molecular complexity index is 962. The molecule has 3 nitrogen and oxygen atoms in total. The monoisotopic (exact) mass is 366 g/mol. The van der Waals surface area contributed by atoms with Gasteiger partial charge in [-0.2, -0.15) is 0 Å². The molecule has 0 N–H and O–H groups in total. The second kappa shape index (κ2) is 8.27. The average molecular weight is 366 g/mol. The lowest BCUT2D eigenvalue weighted by molar-refractivity contribution is 0.0734. The van der Waals surface area contributed by atoms with E-state index >= 15 is 0 Å². The SMILES string of the molecule is COc1ccc(/C=C/c2ccc(C(=O)Oc3ccc(F)c(F)c3)cc2)cc1. The topological polar surface area (TPSA) is 35.5 Å². The van der Waals surface area contributed by atoms with Crippen LogP contribution in [0.1, 0.15) is 21.5 Å². The standard InChI is InChI=1S/C22H16F2O3/c1-26-18-10-6-16(7-11-18)3-2-15-4-8-17(9-5-15)22(25)27-19-12-13-20(23)21(24)14-19/h2-14H,1H3/b3-2+. The number of benzene rings is 3. The van der Waals surface area contributed by atoms with Crippen molar-refractivity contribution in [3.8, 4) is 11.5 Å². The third-order valence-electron chi connectivity index (χ3n) is 3.83. The molecule has 0 aromatic heterocycles. The highest BCUT2D eigenvalue weighted by Gasteiger charge is 2.10. The lowest BCUT2D eigenvalue weighted by atomic mass is 10.1. The fraction of sp³-hybridized carbons (Fsp3) is 0.0455. The van der Waals surface area contributed by atoms with E-state index in [2.05, 4.69) is 0 Å². The van der Waals surface area contributed by atoms with E-state index < -0.39 is 17.6 Å².